The number of rotatable bonds is 4. The van der Waals surface area contributed by atoms with Crippen molar-refractivity contribution < 1.29 is 0 Å². The minimum atomic E-state index is 0.333. The number of fused-ring (bicyclic) bond motifs is 2. The van der Waals surface area contributed by atoms with Crippen LogP contribution < -0.4 is 0 Å². The zero-order valence-corrected chi connectivity index (χ0v) is 14.9. The number of nitrogens with one attached hydrogen (secondary N) is 2. The van der Waals surface area contributed by atoms with Crippen molar-refractivity contribution in [2.45, 2.75) is 25.7 Å². The van der Waals surface area contributed by atoms with Crippen molar-refractivity contribution in [2.24, 2.45) is 0 Å². The molecule has 0 atom stereocenters. The van der Waals surface area contributed by atoms with E-state index in [0.717, 1.165) is 33.9 Å². The average Bonchev–Trinajstić information content (AvgIpc) is 3.16. The van der Waals surface area contributed by atoms with E-state index in [-0.39, 0.29) is 0 Å². The number of hydrogen-bond acceptors (Lipinski definition) is 0. The molecule has 0 saturated heterocycles. The van der Waals surface area contributed by atoms with E-state index >= 15 is 0 Å². The molecule has 0 spiro atoms. The molecule has 0 saturated carbocycles. The van der Waals surface area contributed by atoms with Crippen LogP contribution in [0.5, 0.6) is 0 Å². The predicted octanol–water partition coefficient (Wildman–Crippen LogP) is 6.89. The quantitative estimate of drug-likeness (QED) is 0.399. The fourth-order valence-corrected chi connectivity index (χ4v) is 3.93. The van der Waals surface area contributed by atoms with Gasteiger partial charge in [0.15, 0.2) is 0 Å². The average molecular weight is 357 g/mol. The van der Waals surface area contributed by atoms with Gasteiger partial charge in [0.1, 0.15) is 0 Å². The summed E-state index contributed by atoms with van der Waals surface area (Å²) in [7, 11) is 0. The summed E-state index contributed by atoms with van der Waals surface area (Å²) >= 11 is 12.2. The first kappa shape index (κ1) is 15.6. The van der Waals surface area contributed by atoms with Crippen molar-refractivity contribution in [1.29, 1.82) is 0 Å². The van der Waals surface area contributed by atoms with E-state index in [1.54, 1.807) is 0 Å². The summed E-state index contributed by atoms with van der Waals surface area (Å²) in [5.41, 5.74) is 4.81. The van der Waals surface area contributed by atoms with Gasteiger partial charge in [0, 0.05) is 50.2 Å². The van der Waals surface area contributed by atoms with Gasteiger partial charge < -0.3 is 9.97 Å². The molecule has 0 unspecified atom stereocenters. The Morgan fingerprint density at radius 1 is 0.833 bits per heavy atom. The fourth-order valence-electron chi connectivity index (χ4n) is 3.59. The molecule has 122 valence electrons. The second kappa shape index (κ2) is 6.19. The summed E-state index contributed by atoms with van der Waals surface area (Å²) in [4.78, 5) is 6.74. The Morgan fingerprint density at radius 3 is 1.79 bits per heavy atom. The number of halogens is 2. The molecule has 0 fully saturated rings. The lowest BCUT2D eigenvalue weighted by molar-refractivity contribution is 0.706. The number of H-pyrrole nitrogens is 2. The first-order chi connectivity index (χ1) is 11.7. The number of aromatic nitrogens is 2. The summed E-state index contributed by atoms with van der Waals surface area (Å²) in [6.45, 7) is 2.23. The molecule has 0 aliphatic rings. The van der Waals surface area contributed by atoms with Gasteiger partial charge in [-0.25, -0.2) is 0 Å². The Hall–Kier alpha value is -1.90. The Morgan fingerprint density at radius 2 is 1.33 bits per heavy atom. The van der Waals surface area contributed by atoms with Crippen LogP contribution in [0.4, 0.5) is 0 Å². The summed E-state index contributed by atoms with van der Waals surface area (Å²) in [6, 6.07) is 12.1. The Labute approximate surface area is 150 Å². The lowest BCUT2D eigenvalue weighted by Crippen LogP contribution is -1.99. The summed E-state index contributed by atoms with van der Waals surface area (Å²) in [5, 5.41) is 3.98. The van der Waals surface area contributed by atoms with Crippen LogP contribution in [0.15, 0.2) is 48.8 Å². The highest BCUT2D eigenvalue weighted by Gasteiger charge is 2.20. The highest BCUT2D eigenvalue weighted by atomic mass is 35.5. The molecule has 4 aromatic rings. The minimum absolute atomic E-state index is 0.333. The monoisotopic (exact) mass is 356 g/mol. The maximum Gasteiger partial charge on any atom is 0.0471 e. The van der Waals surface area contributed by atoms with Gasteiger partial charge in [0.05, 0.1) is 0 Å². The topological polar surface area (TPSA) is 31.6 Å². The maximum atomic E-state index is 6.12. The third-order valence-electron chi connectivity index (χ3n) is 4.68. The molecule has 0 radical (unpaired) electrons. The first-order valence-corrected chi connectivity index (χ1v) is 8.96. The van der Waals surface area contributed by atoms with Crippen LogP contribution in [0.25, 0.3) is 21.8 Å². The second-order valence-electron chi connectivity index (χ2n) is 6.21. The van der Waals surface area contributed by atoms with Gasteiger partial charge >= 0.3 is 0 Å². The minimum Gasteiger partial charge on any atom is -0.361 e. The van der Waals surface area contributed by atoms with Crippen molar-refractivity contribution in [2.75, 3.05) is 0 Å². The lowest BCUT2D eigenvalue weighted by Gasteiger charge is -2.15. The number of aromatic amines is 2. The van der Waals surface area contributed by atoms with Gasteiger partial charge in [0.25, 0.3) is 0 Å². The third kappa shape index (κ3) is 2.60. The van der Waals surface area contributed by atoms with Gasteiger partial charge in [-0.15, -0.1) is 0 Å². The Balaban J connectivity index is 1.89. The molecule has 0 amide bonds. The van der Waals surface area contributed by atoms with Crippen LogP contribution in [0.1, 0.15) is 36.8 Å². The van der Waals surface area contributed by atoms with Crippen LogP contribution in [-0.2, 0) is 0 Å². The summed E-state index contributed by atoms with van der Waals surface area (Å²) < 4.78 is 0. The van der Waals surface area contributed by atoms with Crippen LogP contribution >= 0.6 is 23.2 Å². The van der Waals surface area contributed by atoms with Gasteiger partial charge in [-0.3, -0.25) is 0 Å². The van der Waals surface area contributed by atoms with Crippen LogP contribution in [-0.4, -0.2) is 9.97 Å². The molecule has 0 aliphatic heterocycles. The molecule has 2 aromatic carbocycles. The molecular weight excluding hydrogens is 339 g/mol. The molecule has 4 rings (SSSR count). The maximum absolute atomic E-state index is 6.12. The molecule has 0 bridgehead atoms. The summed E-state index contributed by atoms with van der Waals surface area (Å²) in [6.07, 6.45) is 6.45. The predicted molar refractivity (Wildman–Crippen MR) is 103 cm³/mol. The van der Waals surface area contributed by atoms with Gasteiger partial charge in [0.2, 0.25) is 0 Å². The van der Waals surface area contributed by atoms with Crippen molar-refractivity contribution in [3.8, 4) is 0 Å². The van der Waals surface area contributed by atoms with Crippen LogP contribution in [0.3, 0.4) is 0 Å². The SMILES string of the molecule is CCCC(c1c[nH]c2cc(Cl)ccc12)c1c[nH]c2cc(Cl)ccc12. The van der Waals surface area contributed by atoms with Gasteiger partial charge in [-0.2, -0.15) is 0 Å². The number of benzene rings is 2. The molecule has 2 heterocycles. The molecule has 2 N–H and O–H groups in total. The Bertz CT molecular complexity index is 933. The molecule has 4 heteroatoms. The summed E-state index contributed by atoms with van der Waals surface area (Å²) in [5.74, 6) is 0.333. The zero-order chi connectivity index (χ0) is 16.7. The molecule has 2 nitrogen and oxygen atoms in total. The van der Waals surface area contributed by atoms with E-state index in [0.29, 0.717) is 5.92 Å². The van der Waals surface area contributed by atoms with E-state index in [9.17, 15) is 0 Å². The van der Waals surface area contributed by atoms with Gasteiger partial charge in [-0.05, 0) is 41.8 Å². The highest BCUT2D eigenvalue weighted by Crippen LogP contribution is 2.38. The molecule has 0 aliphatic carbocycles. The third-order valence-corrected chi connectivity index (χ3v) is 5.15. The smallest absolute Gasteiger partial charge is 0.0471 e. The van der Waals surface area contributed by atoms with E-state index in [1.165, 1.54) is 21.9 Å². The fraction of sp³-hybridized carbons (Fsp3) is 0.200. The lowest BCUT2D eigenvalue weighted by atomic mass is 9.87. The number of hydrogen-bond donors (Lipinski definition) is 2. The molecule has 2 aromatic heterocycles. The van der Waals surface area contributed by atoms with Crippen LogP contribution in [0.2, 0.25) is 10.0 Å². The molecular formula is C20H18Cl2N2. The van der Waals surface area contributed by atoms with Gasteiger partial charge in [-0.1, -0.05) is 48.7 Å². The van der Waals surface area contributed by atoms with Crippen molar-refractivity contribution in [3.05, 3.63) is 70.0 Å². The normalized spacial score (nSPS) is 11.8. The standard InChI is InChI=1S/C20H18Cl2N2/c1-2-3-14(17-10-23-19-8-12(21)4-6-15(17)19)18-11-24-20-9-13(22)5-7-16(18)20/h4-11,14,23-24H,2-3H2,1H3. The zero-order valence-electron chi connectivity index (χ0n) is 13.4. The Kier molecular flexibility index (Phi) is 4.03. The largest absolute Gasteiger partial charge is 0.361 e. The van der Waals surface area contributed by atoms with E-state index in [2.05, 4.69) is 41.4 Å². The van der Waals surface area contributed by atoms with E-state index in [1.807, 2.05) is 24.3 Å². The van der Waals surface area contributed by atoms with Crippen LogP contribution in [0, 0.1) is 0 Å². The van der Waals surface area contributed by atoms with Crippen molar-refractivity contribution >= 4 is 45.0 Å². The highest BCUT2D eigenvalue weighted by molar-refractivity contribution is 6.31. The van der Waals surface area contributed by atoms with Crippen molar-refractivity contribution in [1.82, 2.24) is 9.97 Å². The first-order valence-electron chi connectivity index (χ1n) is 8.20. The molecule has 24 heavy (non-hydrogen) atoms. The van der Waals surface area contributed by atoms with E-state index in [4.69, 9.17) is 23.2 Å². The van der Waals surface area contributed by atoms with E-state index < -0.39 is 0 Å². The van der Waals surface area contributed by atoms with Crippen molar-refractivity contribution in [3.63, 3.8) is 0 Å². The second-order valence-corrected chi connectivity index (χ2v) is 7.08.